The Morgan fingerprint density at radius 2 is 2.00 bits per heavy atom. The minimum absolute atomic E-state index is 0.0629. The molecule has 2 aromatic heterocycles. The molecule has 3 rings (SSSR count). The number of carbonyl (C=O) groups excluding carboxylic acids is 2. The van der Waals surface area contributed by atoms with Gasteiger partial charge in [-0.3, -0.25) is 20.6 Å². The van der Waals surface area contributed by atoms with E-state index in [9.17, 15) is 9.59 Å². The van der Waals surface area contributed by atoms with Gasteiger partial charge in [0.05, 0.1) is 28.5 Å². The minimum Gasteiger partial charge on any atom is -0.453 e. The largest absolute Gasteiger partial charge is 0.453 e. The number of hydrogen-bond donors (Lipinski definition) is 3. The first-order valence-electron chi connectivity index (χ1n) is 9.01. The zero-order valence-electron chi connectivity index (χ0n) is 16.7. The lowest BCUT2D eigenvalue weighted by Gasteiger charge is -2.11. The summed E-state index contributed by atoms with van der Waals surface area (Å²) in [5.41, 5.74) is 3.52. The van der Waals surface area contributed by atoms with Crippen LogP contribution in [0.3, 0.4) is 0 Å². The summed E-state index contributed by atoms with van der Waals surface area (Å²) in [6.07, 6.45) is 0.485. The third-order valence-electron chi connectivity index (χ3n) is 3.90. The number of amides is 2. The van der Waals surface area contributed by atoms with Crippen molar-refractivity contribution in [3.8, 4) is 17.6 Å². The number of nitrogens with zero attached hydrogens (tertiary/aromatic N) is 4. The molecule has 0 atom stereocenters. The molecule has 2 heterocycles. The lowest BCUT2D eigenvalue weighted by molar-refractivity contribution is -0.114. The number of hydrazone groups is 1. The highest BCUT2D eigenvalue weighted by molar-refractivity contribution is 6.47. The molecule has 0 aliphatic carbocycles. The first-order valence-corrected chi connectivity index (χ1v) is 9.77. The number of H-pyrrole nitrogens is 1. The molecule has 0 radical (unpaired) electrons. The number of anilines is 1. The lowest BCUT2D eigenvalue weighted by atomic mass is 10.2. The second-order valence-corrected chi connectivity index (χ2v) is 6.93. The molecule has 3 aromatic rings. The van der Waals surface area contributed by atoms with E-state index in [0.717, 1.165) is 11.1 Å². The van der Waals surface area contributed by atoms with Gasteiger partial charge in [-0.05, 0) is 32.0 Å². The van der Waals surface area contributed by atoms with Crippen LogP contribution in [0.1, 0.15) is 12.6 Å². The Bertz CT molecular complexity index is 1240. The molecule has 0 aliphatic rings. The predicted molar refractivity (Wildman–Crippen MR) is 117 cm³/mol. The van der Waals surface area contributed by atoms with Crippen molar-refractivity contribution in [1.29, 1.82) is 5.26 Å². The maximum atomic E-state index is 11.9. The van der Waals surface area contributed by atoms with Crippen LogP contribution in [0.4, 0.5) is 10.5 Å². The summed E-state index contributed by atoms with van der Waals surface area (Å²) in [4.78, 5) is 27.4. The van der Waals surface area contributed by atoms with E-state index in [0.29, 0.717) is 11.4 Å². The first kappa shape index (κ1) is 22.8. The van der Waals surface area contributed by atoms with E-state index in [1.807, 2.05) is 12.2 Å². The van der Waals surface area contributed by atoms with Crippen molar-refractivity contribution in [3.63, 3.8) is 0 Å². The van der Waals surface area contributed by atoms with Gasteiger partial charge in [0.15, 0.2) is 11.4 Å². The molecule has 0 bridgehead atoms. The standard InChI is InChI=1S/C19H15Cl2N7O4/c1-3-31-19(30)24-18(29)15(7-22)27-26-10-4-13(20)16(14(21)5-10)32-11-6-12-9(2)25-28-17(12)23-8-11/h4-6,8,26H,3H2,1-2H3,(H,23,25,28)(H,24,29,30)/b27-15+. The molecular formula is C19H15Cl2N7O4. The van der Waals surface area contributed by atoms with Crippen LogP contribution in [-0.4, -0.2) is 39.5 Å². The Hall–Kier alpha value is -3.88. The third-order valence-corrected chi connectivity index (χ3v) is 4.46. The van der Waals surface area contributed by atoms with Gasteiger partial charge in [0, 0.05) is 11.1 Å². The van der Waals surface area contributed by atoms with E-state index in [1.54, 1.807) is 19.1 Å². The summed E-state index contributed by atoms with van der Waals surface area (Å²) in [5.74, 6) is -0.467. The van der Waals surface area contributed by atoms with Gasteiger partial charge in [-0.2, -0.15) is 15.5 Å². The average molecular weight is 476 g/mol. The molecule has 0 unspecified atom stereocenters. The van der Waals surface area contributed by atoms with E-state index >= 15 is 0 Å². The number of carbonyl (C=O) groups is 2. The van der Waals surface area contributed by atoms with E-state index < -0.39 is 17.7 Å². The summed E-state index contributed by atoms with van der Waals surface area (Å²) in [7, 11) is 0. The Labute approximate surface area is 191 Å². The van der Waals surface area contributed by atoms with E-state index in [-0.39, 0.29) is 28.1 Å². The third kappa shape index (κ3) is 5.23. The SMILES string of the molecule is CCOC(=O)NC(=O)/C(C#N)=N/Nc1cc(Cl)c(Oc2cnc3n[nH]c(C)c3c2)c(Cl)c1. The monoisotopic (exact) mass is 475 g/mol. The normalized spacial score (nSPS) is 11.0. The van der Waals surface area contributed by atoms with Crippen molar-refractivity contribution in [2.45, 2.75) is 13.8 Å². The fourth-order valence-corrected chi connectivity index (χ4v) is 3.03. The van der Waals surface area contributed by atoms with Crippen LogP contribution in [0.2, 0.25) is 10.0 Å². The van der Waals surface area contributed by atoms with Crippen molar-refractivity contribution in [3.05, 3.63) is 40.1 Å². The fraction of sp³-hybridized carbons (Fsp3) is 0.158. The number of hydrogen-bond acceptors (Lipinski definition) is 9. The molecule has 164 valence electrons. The number of pyridine rings is 1. The predicted octanol–water partition coefficient (Wildman–Crippen LogP) is 3.93. The number of nitrogens with one attached hydrogen (secondary N) is 3. The Kier molecular flexibility index (Phi) is 7.09. The van der Waals surface area contributed by atoms with Gasteiger partial charge >= 0.3 is 6.09 Å². The number of aromatic nitrogens is 3. The topological polar surface area (TPSA) is 154 Å². The number of benzene rings is 1. The van der Waals surface area contributed by atoms with Crippen molar-refractivity contribution in [2.75, 3.05) is 12.0 Å². The zero-order valence-corrected chi connectivity index (χ0v) is 18.2. The summed E-state index contributed by atoms with van der Waals surface area (Å²) in [6, 6.07) is 6.17. The fourth-order valence-electron chi connectivity index (χ4n) is 2.46. The van der Waals surface area contributed by atoms with Gasteiger partial charge in [-0.1, -0.05) is 23.2 Å². The lowest BCUT2D eigenvalue weighted by Crippen LogP contribution is -2.36. The molecule has 3 N–H and O–H groups in total. The number of aromatic amines is 1. The molecule has 2 amide bonds. The van der Waals surface area contributed by atoms with Crippen LogP contribution in [0.15, 0.2) is 29.5 Å². The molecular weight excluding hydrogens is 461 g/mol. The second kappa shape index (κ2) is 9.95. The van der Waals surface area contributed by atoms with Gasteiger partial charge in [0.1, 0.15) is 11.8 Å². The number of halogens is 2. The van der Waals surface area contributed by atoms with E-state index in [1.165, 1.54) is 18.3 Å². The van der Waals surface area contributed by atoms with Gasteiger partial charge < -0.3 is 9.47 Å². The summed E-state index contributed by atoms with van der Waals surface area (Å²) >= 11 is 12.6. The van der Waals surface area contributed by atoms with Gasteiger partial charge in [0.25, 0.3) is 5.91 Å². The number of ether oxygens (including phenoxy) is 2. The number of imide groups is 1. The number of fused-ring (bicyclic) bond motifs is 1. The smallest absolute Gasteiger partial charge is 0.414 e. The number of aryl methyl sites for hydroxylation is 1. The minimum atomic E-state index is -1.03. The van der Waals surface area contributed by atoms with Crippen molar-refractivity contribution >= 4 is 57.6 Å². The highest BCUT2D eigenvalue weighted by Gasteiger charge is 2.16. The van der Waals surface area contributed by atoms with E-state index in [4.69, 9.17) is 33.2 Å². The molecule has 32 heavy (non-hydrogen) atoms. The molecule has 0 saturated heterocycles. The molecule has 0 spiro atoms. The molecule has 0 saturated carbocycles. The maximum absolute atomic E-state index is 11.9. The highest BCUT2D eigenvalue weighted by Crippen LogP contribution is 2.39. The van der Waals surface area contributed by atoms with Crippen LogP contribution in [0.5, 0.6) is 11.5 Å². The van der Waals surface area contributed by atoms with Crippen LogP contribution in [0, 0.1) is 18.3 Å². The van der Waals surface area contributed by atoms with Crippen LogP contribution < -0.4 is 15.5 Å². The second-order valence-electron chi connectivity index (χ2n) is 6.12. The Morgan fingerprint density at radius 1 is 1.28 bits per heavy atom. The first-order chi connectivity index (χ1) is 15.3. The quantitative estimate of drug-likeness (QED) is 0.357. The molecule has 11 nitrogen and oxygen atoms in total. The average Bonchev–Trinajstić information content (AvgIpc) is 3.11. The Morgan fingerprint density at radius 3 is 2.66 bits per heavy atom. The van der Waals surface area contributed by atoms with Crippen LogP contribution in [0.25, 0.3) is 11.0 Å². The van der Waals surface area contributed by atoms with E-state index in [2.05, 4.69) is 30.4 Å². The highest BCUT2D eigenvalue weighted by atomic mass is 35.5. The maximum Gasteiger partial charge on any atom is 0.414 e. The zero-order chi connectivity index (χ0) is 23.3. The number of rotatable bonds is 6. The molecule has 1 aromatic carbocycles. The molecule has 0 aliphatic heterocycles. The van der Waals surface area contributed by atoms with Gasteiger partial charge in [0.2, 0.25) is 5.71 Å². The molecule has 13 heteroatoms. The summed E-state index contributed by atoms with van der Waals surface area (Å²) in [5, 5.41) is 22.6. The van der Waals surface area contributed by atoms with Gasteiger partial charge in [-0.25, -0.2) is 9.78 Å². The van der Waals surface area contributed by atoms with Crippen LogP contribution in [-0.2, 0) is 9.53 Å². The molecule has 0 fully saturated rings. The van der Waals surface area contributed by atoms with Crippen molar-refractivity contribution in [1.82, 2.24) is 20.5 Å². The summed E-state index contributed by atoms with van der Waals surface area (Å²) < 4.78 is 10.4. The number of alkyl carbamates (subject to hydrolysis) is 1. The number of nitriles is 1. The Balaban J connectivity index is 1.76. The summed E-state index contributed by atoms with van der Waals surface area (Å²) in [6.45, 7) is 3.48. The van der Waals surface area contributed by atoms with Crippen molar-refractivity contribution < 1.29 is 19.1 Å². The van der Waals surface area contributed by atoms with Crippen LogP contribution >= 0.6 is 23.2 Å². The van der Waals surface area contributed by atoms with Gasteiger partial charge in [-0.15, -0.1) is 0 Å². The van der Waals surface area contributed by atoms with Crippen molar-refractivity contribution in [2.24, 2.45) is 5.10 Å².